The van der Waals surface area contributed by atoms with Gasteiger partial charge in [-0.05, 0) is 44.5 Å². The number of carbonyl (C=O) groups is 1. The molecule has 1 aromatic carbocycles. The van der Waals surface area contributed by atoms with Crippen LogP contribution >= 0.6 is 0 Å². The normalized spacial score (nSPS) is 9.10. The van der Waals surface area contributed by atoms with Crippen LogP contribution < -0.4 is 27.9 Å². The van der Waals surface area contributed by atoms with E-state index in [0.29, 0.717) is 0 Å². The fraction of sp³-hybridized carbons (Fsp3) is 0.429. The van der Waals surface area contributed by atoms with Crippen molar-refractivity contribution in [1.29, 1.82) is 5.26 Å². The summed E-state index contributed by atoms with van der Waals surface area (Å²) in [5.41, 5.74) is 2.90. The number of anilines is 2. The summed E-state index contributed by atoms with van der Waals surface area (Å²) in [4.78, 5) is 13.7. The largest absolute Gasteiger partial charge is 1.00 e. The molecule has 110 valence electrons. The van der Waals surface area contributed by atoms with Crippen molar-refractivity contribution >= 4 is 17.4 Å². The molecule has 0 radical (unpaired) electrons. The number of nitrogens with one attached hydrogen (secondary N) is 2. The maximum Gasteiger partial charge on any atom is 0.320 e. The molecule has 0 aliphatic carbocycles. The first-order valence-electron chi connectivity index (χ1n) is 6.39. The molecule has 1 aromatic rings. The van der Waals surface area contributed by atoms with E-state index >= 15 is 0 Å². The van der Waals surface area contributed by atoms with E-state index in [0.717, 1.165) is 30.0 Å². The predicted molar refractivity (Wildman–Crippen MR) is 77.4 cm³/mol. The van der Waals surface area contributed by atoms with Crippen molar-refractivity contribution in [3.8, 4) is 6.07 Å². The van der Waals surface area contributed by atoms with Crippen LogP contribution in [-0.2, 0) is 0 Å². The van der Waals surface area contributed by atoms with Crippen LogP contribution in [0.2, 0.25) is 0 Å². The number of nitriles is 1. The molecule has 2 N–H and O–H groups in total. The lowest BCUT2D eigenvalue weighted by Crippen LogP contribution is -3.00. The maximum atomic E-state index is 11.5. The Hall–Kier alpha value is -1.93. The number of hydrogen-bond donors (Lipinski definition) is 2. The monoisotopic (exact) mass is 295 g/mol. The number of hydrogen-bond acceptors (Lipinski definition) is 3. The van der Waals surface area contributed by atoms with Crippen molar-refractivity contribution in [2.24, 2.45) is 0 Å². The van der Waals surface area contributed by atoms with E-state index in [1.54, 1.807) is 0 Å². The minimum atomic E-state index is -0.361. The van der Waals surface area contributed by atoms with Gasteiger partial charge in [0.1, 0.15) is 6.54 Å². The molecule has 2 amide bonds. The lowest BCUT2D eigenvalue weighted by Gasteiger charge is -2.22. The second-order valence-electron chi connectivity index (χ2n) is 4.14. The van der Waals surface area contributed by atoms with Crippen molar-refractivity contribution in [3.63, 3.8) is 0 Å². The third-order valence-corrected chi connectivity index (χ3v) is 2.91. The summed E-state index contributed by atoms with van der Waals surface area (Å²) in [5.74, 6) is 0. The van der Waals surface area contributed by atoms with Crippen LogP contribution in [0.15, 0.2) is 18.2 Å². The Labute approximate surface area is 126 Å². The van der Waals surface area contributed by atoms with Gasteiger partial charge < -0.3 is 27.9 Å². The van der Waals surface area contributed by atoms with Gasteiger partial charge in [-0.15, -0.1) is 0 Å². The van der Waals surface area contributed by atoms with Gasteiger partial charge in [-0.1, -0.05) is 0 Å². The van der Waals surface area contributed by atoms with Crippen molar-refractivity contribution in [3.05, 3.63) is 23.8 Å². The number of nitrogens with zero attached hydrogens (tertiary/aromatic N) is 2. The Kier molecular flexibility index (Phi) is 8.18. The summed E-state index contributed by atoms with van der Waals surface area (Å²) in [6.45, 7) is 8.08. The third-order valence-electron chi connectivity index (χ3n) is 2.91. The Morgan fingerprint density at radius 2 is 2.00 bits per heavy atom. The van der Waals surface area contributed by atoms with Gasteiger partial charge in [0.15, 0.2) is 0 Å². The molecule has 20 heavy (non-hydrogen) atoms. The summed E-state index contributed by atoms with van der Waals surface area (Å²) in [6, 6.07) is 7.42. The lowest BCUT2D eigenvalue weighted by molar-refractivity contribution is -0.00000741. The first-order valence-corrected chi connectivity index (χ1v) is 6.39. The molecule has 0 atom stereocenters. The number of urea groups is 1. The standard InChI is InChI=1S/C14H20N4O.ClH/c1-4-18(5-2)12-6-7-13(11(3)10-12)17-14(19)16-9-8-15;/h6-7,10H,4-5,9H2,1-3H3,(H2,16,17,19);1H/p-1. The van der Waals surface area contributed by atoms with Gasteiger partial charge in [0.2, 0.25) is 0 Å². The van der Waals surface area contributed by atoms with Gasteiger partial charge in [0.05, 0.1) is 6.07 Å². The highest BCUT2D eigenvalue weighted by Crippen LogP contribution is 2.22. The van der Waals surface area contributed by atoms with Crippen molar-refractivity contribution < 1.29 is 17.2 Å². The van der Waals surface area contributed by atoms with Gasteiger partial charge in [-0.3, -0.25) is 0 Å². The zero-order valence-corrected chi connectivity index (χ0v) is 12.8. The van der Waals surface area contributed by atoms with Crippen molar-refractivity contribution in [2.45, 2.75) is 20.8 Å². The minimum absolute atomic E-state index is 0. The predicted octanol–water partition coefficient (Wildman–Crippen LogP) is -0.510. The molecule has 0 saturated carbocycles. The molecular formula is C14H20ClN4O-. The summed E-state index contributed by atoms with van der Waals surface area (Å²) in [6.07, 6.45) is 0. The number of aryl methyl sites for hydroxylation is 1. The van der Waals surface area contributed by atoms with Gasteiger partial charge in [0.25, 0.3) is 0 Å². The van der Waals surface area contributed by atoms with E-state index in [4.69, 9.17) is 5.26 Å². The SMILES string of the molecule is CCN(CC)c1ccc(NC(=O)NCC#N)c(C)c1.[Cl-]. The van der Waals surface area contributed by atoms with E-state index in [-0.39, 0.29) is 25.0 Å². The molecule has 6 heteroatoms. The summed E-state index contributed by atoms with van der Waals surface area (Å²) >= 11 is 0. The van der Waals surface area contributed by atoms with E-state index in [2.05, 4.69) is 29.4 Å². The van der Waals surface area contributed by atoms with Gasteiger partial charge >= 0.3 is 6.03 Å². The van der Waals surface area contributed by atoms with E-state index in [9.17, 15) is 4.79 Å². The highest BCUT2D eigenvalue weighted by atomic mass is 35.5. The Balaban J connectivity index is 0.00000361. The molecule has 0 bridgehead atoms. The van der Waals surface area contributed by atoms with Crippen LogP contribution in [0.4, 0.5) is 16.2 Å². The Morgan fingerprint density at radius 1 is 1.35 bits per heavy atom. The molecule has 0 spiro atoms. The lowest BCUT2D eigenvalue weighted by atomic mass is 10.1. The topological polar surface area (TPSA) is 68.2 Å². The van der Waals surface area contributed by atoms with Crippen LogP contribution in [0, 0.1) is 18.3 Å². The number of benzene rings is 1. The van der Waals surface area contributed by atoms with E-state index < -0.39 is 0 Å². The molecule has 0 aliphatic rings. The maximum absolute atomic E-state index is 11.5. The summed E-state index contributed by atoms with van der Waals surface area (Å²) in [7, 11) is 0. The molecule has 0 aliphatic heterocycles. The van der Waals surface area contributed by atoms with E-state index in [1.807, 2.05) is 31.2 Å². The van der Waals surface area contributed by atoms with Crippen molar-refractivity contribution in [1.82, 2.24) is 5.32 Å². The second kappa shape index (κ2) is 9.05. The zero-order chi connectivity index (χ0) is 14.3. The van der Waals surface area contributed by atoms with Gasteiger partial charge in [-0.25, -0.2) is 4.79 Å². The molecular weight excluding hydrogens is 276 g/mol. The highest BCUT2D eigenvalue weighted by Gasteiger charge is 2.07. The Bertz CT molecular complexity index is 481. The molecule has 0 saturated heterocycles. The average molecular weight is 296 g/mol. The molecule has 5 nitrogen and oxygen atoms in total. The van der Waals surface area contributed by atoms with Crippen molar-refractivity contribution in [2.75, 3.05) is 29.9 Å². The van der Waals surface area contributed by atoms with Crippen LogP contribution in [0.5, 0.6) is 0 Å². The minimum Gasteiger partial charge on any atom is -1.00 e. The fourth-order valence-corrected chi connectivity index (χ4v) is 1.86. The van der Waals surface area contributed by atoms with Crippen LogP contribution in [0.1, 0.15) is 19.4 Å². The zero-order valence-electron chi connectivity index (χ0n) is 12.0. The fourth-order valence-electron chi connectivity index (χ4n) is 1.86. The summed E-state index contributed by atoms with van der Waals surface area (Å²) in [5, 5.41) is 13.6. The van der Waals surface area contributed by atoms with Gasteiger partial charge in [0, 0.05) is 24.5 Å². The highest BCUT2D eigenvalue weighted by molar-refractivity contribution is 5.90. The van der Waals surface area contributed by atoms with Gasteiger partial charge in [-0.2, -0.15) is 5.26 Å². The number of rotatable bonds is 5. The molecule has 0 heterocycles. The summed E-state index contributed by atoms with van der Waals surface area (Å²) < 4.78 is 0. The number of halogens is 1. The molecule has 0 aromatic heterocycles. The smallest absolute Gasteiger partial charge is 0.320 e. The second-order valence-corrected chi connectivity index (χ2v) is 4.14. The van der Waals surface area contributed by atoms with Crippen LogP contribution in [0.25, 0.3) is 0 Å². The average Bonchev–Trinajstić information content (AvgIpc) is 2.41. The molecule has 0 unspecified atom stereocenters. The first-order chi connectivity index (χ1) is 9.12. The number of amides is 2. The number of carbonyl (C=O) groups excluding carboxylic acids is 1. The van der Waals surface area contributed by atoms with Crippen LogP contribution in [0.3, 0.4) is 0 Å². The van der Waals surface area contributed by atoms with E-state index in [1.165, 1.54) is 0 Å². The third kappa shape index (κ3) is 4.98. The quantitative estimate of drug-likeness (QED) is 0.719. The Morgan fingerprint density at radius 3 is 2.50 bits per heavy atom. The van der Waals surface area contributed by atoms with Crippen LogP contribution in [-0.4, -0.2) is 25.7 Å². The molecule has 1 rings (SSSR count). The molecule has 0 fully saturated rings. The first kappa shape index (κ1) is 18.1.